The second-order valence-electron chi connectivity index (χ2n) is 4.69. The van der Waals surface area contributed by atoms with Crippen molar-refractivity contribution < 1.29 is 13.9 Å². The molecule has 2 atom stereocenters. The number of rotatable bonds is 5. The first-order valence-corrected chi connectivity index (χ1v) is 6.21. The van der Waals surface area contributed by atoms with Crippen molar-refractivity contribution >= 4 is 5.91 Å². The van der Waals surface area contributed by atoms with Crippen LogP contribution in [0.5, 0.6) is 5.75 Å². The number of hydrogen-bond donors (Lipinski definition) is 1. The van der Waals surface area contributed by atoms with Crippen LogP contribution in [0.1, 0.15) is 25.5 Å². The molecule has 5 heteroatoms. The lowest BCUT2D eigenvalue weighted by atomic mass is 10.1. The summed E-state index contributed by atoms with van der Waals surface area (Å²) >= 11 is 0. The van der Waals surface area contributed by atoms with Crippen LogP contribution < -0.4 is 10.1 Å². The number of ether oxygens (including phenoxy) is 1. The number of carbonyl (C=O) groups excluding carboxylic acids is 1. The summed E-state index contributed by atoms with van der Waals surface area (Å²) in [5.41, 5.74) is 0.832. The van der Waals surface area contributed by atoms with Gasteiger partial charge in [-0.05, 0) is 38.6 Å². The monoisotopic (exact) mass is 268 g/mol. The van der Waals surface area contributed by atoms with Gasteiger partial charge in [0, 0.05) is 20.1 Å². The van der Waals surface area contributed by atoms with Crippen molar-refractivity contribution in [2.75, 3.05) is 21.1 Å². The molecule has 0 saturated carbocycles. The van der Waals surface area contributed by atoms with Crippen molar-refractivity contribution in [3.8, 4) is 5.75 Å². The van der Waals surface area contributed by atoms with Crippen LogP contribution in [0.2, 0.25) is 0 Å². The molecule has 1 aromatic rings. The first-order valence-electron chi connectivity index (χ1n) is 6.21. The van der Waals surface area contributed by atoms with Crippen LogP contribution in [0.25, 0.3) is 0 Å². The molecule has 0 aliphatic rings. The largest absolute Gasteiger partial charge is 0.478 e. The van der Waals surface area contributed by atoms with Crippen LogP contribution in [-0.2, 0) is 4.79 Å². The molecule has 0 heterocycles. The number of hydrogen-bond acceptors (Lipinski definition) is 3. The van der Waals surface area contributed by atoms with E-state index in [1.165, 1.54) is 11.0 Å². The summed E-state index contributed by atoms with van der Waals surface area (Å²) in [6, 6.07) is 4.82. The molecule has 0 aliphatic carbocycles. The maximum Gasteiger partial charge on any atom is 0.262 e. The number of nitrogens with one attached hydrogen (secondary N) is 1. The van der Waals surface area contributed by atoms with E-state index in [9.17, 15) is 9.18 Å². The van der Waals surface area contributed by atoms with Gasteiger partial charge >= 0.3 is 0 Å². The lowest BCUT2D eigenvalue weighted by Crippen LogP contribution is -2.35. The Bertz CT molecular complexity index is 449. The number of benzene rings is 1. The minimum atomic E-state index is -0.711. The van der Waals surface area contributed by atoms with Crippen LogP contribution in [0, 0.1) is 5.82 Å². The summed E-state index contributed by atoms with van der Waals surface area (Å²) in [6.07, 6.45) is -0.711. The fraction of sp³-hybridized carbons (Fsp3) is 0.500. The molecular formula is C14H21FN2O2. The lowest BCUT2D eigenvalue weighted by Gasteiger charge is -2.19. The van der Waals surface area contributed by atoms with Gasteiger partial charge in [-0.25, -0.2) is 4.39 Å². The Hall–Kier alpha value is -1.62. The third-order valence-electron chi connectivity index (χ3n) is 2.98. The van der Waals surface area contributed by atoms with Crippen LogP contribution in [-0.4, -0.2) is 38.1 Å². The number of halogens is 1. The van der Waals surface area contributed by atoms with Crippen LogP contribution in [0.15, 0.2) is 18.2 Å². The zero-order chi connectivity index (χ0) is 14.6. The standard InChI is InChI=1S/C14H21FN2O2/c1-9(16-3)11-6-7-13(12(15)8-11)19-10(2)14(18)17(4)5/h6-10,16H,1-5H3. The van der Waals surface area contributed by atoms with Gasteiger partial charge in [-0.15, -0.1) is 0 Å². The maximum atomic E-state index is 13.9. The topological polar surface area (TPSA) is 41.6 Å². The Morgan fingerprint density at radius 3 is 2.47 bits per heavy atom. The summed E-state index contributed by atoms with van der Waals surface area (Å²) in [5.74, 6) is -0.570. The third-order valence-corrected chi connectivity index (χ3v) is 2.98. The van der Waals surface area contributed by atoms with Gasteiger partial charge in [0.25, 0.3) is 5.91 Å². The fourth-order valence-corrected chi connectivity index (χ4v) is 1.65. The molecule has 1 aromatic carbocycles. The summed E-state index contributed by atoms with van der Waals surface area (Å²) < 4.78 is 19.2. The van der Waals surface area contributed by atoms with E-state index in [0.29, 0.717) is 0 Å². The molecule has 0 fully saturated rings. The Balaban J connectivity index is 2.83. The third kappa shape index (κ3) is 3.92. The van der Waals surface area contributed by atoms with E-state index in [-0.39, 0.29) is 17.7 Å². The summed E-state index contributed by atoms with van der Waals surface area (Å²) in [4.78, 5) is 13.1. The number of carbonyl (C=O) groups is 1. The van der Waals surface area contributed by atoms with Crippen LogP contribution in [0.3, 0.4) is 0 Å². The van der Waals surface area contributed by atoms with Gasteiger partial charge in [0.1, 0.15) is 0 Å². The van der Waals surface area contributed by atoms with Crippen LogP contribution in [0.4, 0.5) is 4.39 Å². The maximum absolute atomic E-state index is 13.9. The zero-order valence-corrected chi connectivity index (χ0v) is 12.0. The molecule has 0 bridgehead atoms. The quantitative estimate of drug-likeness (QED) is 0.887. The van der Waals surface area contributed by atoms with Gasteiger partial charge < -0.3 is 15.0 Å². The molecule has 1 rings (SSSR count). The molecule has 0 spiro atoms. The van der Waals surface area contributed by atoms with Gasteiger partial charge in [0.2, 0.25) is 0 Å². The molecule has 0 aromatic heterocycles. The molecule has 19 heavy (non-hydrogen) atoms. The Labute approximate surface area is 113 Å². The highest BCUT2D eigenvalue weighted by molar-refractivity contribution is 5.80. The number of amides is 1. The van der Waals surface area contributed by atoms with Gasteiger partial charge in [-0.3, -0.25) is 4.79 Å². The number of likely N-dealkylation sites (N-methyl/N-ethyl adjacent to an activating group) is 1. The molecule has 0 saturated heterocycles. The molecule has 0 aliphatic heterocycles. The summed E-state index contributed by atoms with van der Waals surface area (Å²) in [5, 5.41) is 3.03. The van der Waals surface area contributed by atoms with Crippen molar-refractivity contribution in [2.45, 2.75) is 26.0 Å². The van der Waals surface area contributed by atoms with E-state index in [2.05, 4.69) is 5.32 Å². The highest BCUT2D eigenvalue weighted by Crippen LogP contribution is 2.23. The van der Waals surface area contributed by atoms with Gasteiger partial charge in [-0.1, -0.05) is 6.07 Å². The van der Waals surface area contributed by atoms with E-state index < -0.39 is 11.9 Å². The second kappa shape index (κ2) is 6.52. The first kappa shape index (κ1) is 15.4. The molecule has 1 amide bonds. The van der Waals surface area contributed by atoms with E-state index in [0.717, 1.165) is 5.56 Å². The van der Waals surface area contributed by atoms with Gasteiger partial charge in [0.05, 0.1) is 0 Å². The van der Waals surface area contributed by atoms with Crippen LogP contribution >= 0.6 is 0 Å². The average Bonchev–Trinajstić information content (AvgIpc) is 2.38. The average molecular weight is 268 g/mol. The predicted molar refractivity (Wildman–Crippen MR) is 72.7 cm³/mol. The summed E-state index contributed by atoms with van der Waals surface area (Å²) in [6.45, 7) is 3.54. The SMILES string of the molecule is CNC(C)c1ccc(OC(C)C(=O)N(C)C)c(F)c1. The lowest BCUT2D eigenvalue weighted by molar-refractivity contribution is -0.135. The van der Waals surface area contributed by atoms with E-state index >= 15 is 0 Å². The fourth-order valence-electron chi connectivity index (χ4n) is 1.65. The van der Waals surface area contributed by atoms with Crippen molar-refractivity contribution in [2.24, 2.45) is 0 Å². The highest BCUT2D eigenvalue weighted by Gasteiger charge is 2.18. The molecule has 2 unspecified atom stereocenters. The van der Waals surface area contributed by atoms with E-state index in [1.54, 1.807) is 33.2 Å². The molecule has 0 radical (unpaired) electrons. The minimum Gasteiger partial charge on any atom is -0.478 e. The molecular weight excluding hydrogens is 247 g/mol. The molecule has 106 valence electrons. The van der Waals surface area contributed by atoms with E-state index in [4.69, 9.17) is 4.74 Å². The van der Waals surface area contributed by atoms with Gasteiger partial charge in [0.15, 0.2) is 17.7 Å². The minimum absolute atomic E-state index is 0.0596. The zero-order valence-electron chi connectivity index (χ0n) is 12.0. The Morgan fingerprint density at radius 2 is 2.00 bits per heavy atom. The predicted octanol–water partition coefficient (Wildman–Crippen LogP) is 1.96. The molecule has 4 nitrogen and oxygen atoms in total. The summed E-state index contributed by atoms with van der Waals surface area (Å²) in [7, 11) is 5.08. The van der Waals surface area contributed by atoms with E-state index in [1.807, 2.05) is 14.0 Å². The Morgan fingerprint density at radius 1 is 1.37 bits per heavy atom. The van der Waals surface area contributed by atoms with Crippen molar-refractivity contribution in [1.29, 1.82) is 0 Å². The number of nitrogens with zero attached hydrogens (tertiary/aromatic N) is 1. The Kier molecular flexibility index (Phi) is 5.30. The highest BCUT2D eigenvalue weighted by atomic mass is 19.1. The normalized spacial score (nSPS) is 13.8. The molecule has 1 N–H and O–H groups in total. The smallest absolute Gasteiger partial charge is 0.262 e. The van der Waals surface area contributed by atoms with Crippen molar-refractivity contribution in [3.63, 3.8) is 0 Å². The first-order chi connectivity index (χ1) is 8.86. The second-order valence-corrected chi connectivity index (χ2v) is 4.69. The van der Waals surface area contributed by atoms with Crippen molar-refractivity contribution in [3.05, 3.63) is 29.6 Å². The van der Waals surface area contributed by atoms with Crippen molar-refractivity contribution in [1.82, 2.24) is 10.2 Å². The van der Waals surface area contributed by atoms with Gasteiger partial charge in [-0.2, -0.15) is 0 Å².